The topological polar surface area (TPSA) is 41.9 Å². The number of hydrogen-bond acceptors (Lipinski definition) is 2. The van der Waals surface area contributed by atoms with E-state index in [2.05, 4.69) is 53.0 Å². The Labute approximate surface area is 153 Å². The number of hydrogen-bond donors (Lipinski definition) is 2. The van der Waals surface area contributed by atoms with Crippen LogP contribution in [-0.4, -0.2) is 14.9 Å². The molecule has 0 aliphatic heterocycles. The van der Waals surface area contributed by atoms with Gasteiger partial charge < -0.3 is 10.6 Å². The summed E-state index contributed by atoms with van der Waals surface area (Å²) in [5.41, 5.74) is 5.60. The molecule has 5 heteroatoms. The fourth-order valence-corrected chi connectivity index (χ4v) is 2.84. The molecule has 0 atom stereocenters. The molecule has 1 aromatic heterocycles. The largest absolute Gasteiger partial charge is 0.358 e. The molecule has 0 radical (unpaired) electrons. The summed E-state index contributed by atoms with van der Waals surface area (Å²) in [7, 11) is 0. The van der Waals surface area contributed by atoms with Crippen molar-refractivity contribution in [2.24, 2.45) is 0 Å². The lowest BCUT2D eigenvalue weighted by Crippen LogP contribution is -2.27. The first-order chi connectivity index (χ1) is 12.1. The highest BCUT2D eigenvalue weighted by molar-refractivity contribution is 7.80. The van der Waals surface area contributed by atoms with Gasteiger partial charge in [0.15, 0.2) is 5.11 Å². The third-order valence-corrected chi connectivity index (χ3v) is 4.19. The number of nitrogens with zero attached hydrogens (tertiary/aromatic N) is 2. The van der Waals surface area contributed by atoms with Gasteiger partial charge in [0.25, 0.3) is 0 Å². The number of nitrogens with one attached hydrogen (secondary N) is 2. The molecule has 0 spiro atoms. The number of rotatable bonds is 5. The van der Waals surface area contributed by atoms with E-state index < -0.39 is 0 Å². The molecule has 25 heavy (non-hydrogen) atoms. The first-order valence-electron chi connectivity index (χ1n) is 8.29. The number of anilines is 1. The Morgan fingerprint density at radius 2 is 1.72 bits per heavy atom. The van der Waals surface area contributed by atoms with Crippen molar-refractivity contribution in [3.8, 4) is 0 Å². The molecule has 2 N–H and O–H groups in total. The van der Waals surface area contributed by atoms with Crippen LogP contribution >= 0.6 is 12.2 Å². The molecular formula is C20H22N4S. The maximum Gasteiger partial charge on any atom is 0.171 e. The molecular weight excluding hydrogens is 328 g/mol. The van der Waals surface area contributed by atoms with Crippen LogP contribution in [0.25, 0.3) is 0 Å². The van der Waals surface area contributed by atoms with E-state index >= 15 is 0 Å². The molecule has 3 aromatic rings. The van der Waals surface area contributed by atoms with Gasteiger partial charge in [-0.3, -0.25) is 4.68 Å². The van der Waals surface area contributed by atoms with Gasteiger partial charge in [-0.15, -0.1) is 0 Å². The van der Waals surface area contributed by atoms with E-state index in [1.54, 1.807) is 0 Å². The fourth-order valence-electron chi connectivity index (χ4n) is 2.65. The maximum atomic E-state index is 5.36. The van der Waals surface area contributed by atoms with Gasteiger partial charge in [0.05, 0.1) is 12.2 Å². The lowest BCUT2D eigenvalue weighted by Gasteiger charge is -2.11. The number of aromatic nitrogens is 2. The minimum Gasteiger partial charge on any atom is -0.358 e. The minimum atomic E-state index is 0.621. The number of benzene rings is 2. The Hall–Kier alpha value is -2.66. The Morgan fingerprint density at radius 3 is 2.36 bits per heavy atom. The zero-order chi connectivity index (χ0) is 17.6. The molecule has 2 aromatic carbocycles. The average Bonchev–Trinajstić information content (AvgIpc) is 2.93. The SMILES string of the molecule is Cc1cc(C)n(Cc2ccc(NC(=S)NCc3ccccc3)cc2)n1. The third-order valence-electron chi connectivity index (χ3n) is 3.94. The van der Waals surface area contributed by atoms with E-state index in [9.17, 15) is 0 Å². The van der Waals surface area contributed by atoms with Crippen molar-refractivity contribution in [1.29, 1.82) is 0 Å². The van der Waals surface area contributed by atoms with Crippen LogP contribution in [0.4, 0.5) is 5.69 Å². The van der Waals surface area contributed by atoms with Crippen molar-refractivity contribution in [1.82, 2.24) is 15.1 Å². The fraction of sp³-hybridized carbons (Fsp3) is 0.200. The van der Waals surface area contributed by atoms with Crippen molar-refractivity contribution in [3.05, 3.63) is 83.2 Å². The summed E-state index contributed by atoms with van der Waals surface area (Å²) in [5.74, 6) is 0. The van der Waals surface area contributed by atoms with Crippen molar-refractivity contribution < 1.29 is 0 Å². The lowest BCUT2D eigenvalue weighted by molar-refractivity contribution is 0.659. The van der Waals surface area contributed by atoms with Crippen molar-refractivity contribution in [3.63, 3.8) is 0 Å². The predicted octanol–water partition coefficient (Wildman–Crippen LogP) is 4.03. The van der Waals surface area contributed by atoms with E-state index in [1.807, 2.05) is 41.9 Å². The quantitative estimate of drug-likeness (QED) is 0.682. The monoisotopic (exact) mass is 350 g/mol. The Morgan fingerprint density at radius 1 is 1.00 bits per heavy atom. The zero-order valence-electron chi connectivity index (χ0n) is 14.5. The van der Waals surface area contributed by atoms with Crippen LogP contribution in [0, 0.1) is 13.8 Å². The smallest absolute Gasteiger partial charge is 0.171 e. The normalized spacial score (nSPS) is 10.5. The summed E-state index contributed by atoms with van der Waals surface area (Å²) in [6.45, 7) is 5.58. The summed E-state index contributed by atoms with van der Waals surface area (Å²) < 4.78 is 2.02. The van der Waals surface area contributed by atoms with Gasteiger partial charge in [-0.1, -0.05) is 42.5 Å². The molecule has 0 aliphatic rings. The number of aryl methyl sites for hydroxylation is 2. The molecule has 128 valence electrons. The van der Waals surface area contributed by atoms with E-state index in [4.69, 9.17) is 12.2 Å². The van der Waals surface area contributed by atoms with Gasteiger partial charge in [0.2, 0.25) is 0 Å². The Kier molecular flexibility index (Phi) is 5.46. The highest BCUT2D eigenvalue weighted by atomic mass is 32.1. The minimum absolute atomic E-state index is 0.621. The standard InChI is InChI=1S/C20H22N4S/c1-15-12-16(2)24(23-15)14-18-8-10-19(11-9-18)22-20(25)21-13-17-6-4-3-5-7-17/h3-12H,13-14H2,1-2H3,(H2,21,22,25). The highest BCUT2D eigenvalue weighted by Crippen LogP contribution is 2.12. The van der Waals surface area contributed by atoms with Crippen LogP contribution < -0.4 is 10.6 Å². The van der Waals surface area contributed by atoms with Crippen LogP contribution in [0.15, 0.2) is 60.7 Å². The van der Waals surface area contributed by atoms with E-state index in [1.165, 1.54) is 16.8 Å². The van der Waals surface area contributed by atoms with Gasteiger partial charge in [-0.25, -0.2) is 0 Å². The summed E-state index contributed by atoms with van der Waals surface area (Å²) in [5, 5.41) is 11.6. The van der Waals surface area contributed by atoms with Gasteiger partial charge in [0, 0.05) is 17.9 Å². The van der Waals surface area contributed by atoms with Gasteiger partial charge in [-0.2, -0.15) is 5.10 Å². The molecule has 0 amide bonds. The lowest BCUT2D eigenvalue weighted by atomic mass is 10.2. The van der Waals surface area contributed by atoms with E-state index in [0.717, 1.165) is 17.9 Å². The molecule has 0 bridgehead atoms. The van der Waals surface area contributed by atoms with Gasteiger partial charge >= 0.3 is 0 Å². The average molecular weight is 350 g/mol. The Bertz CT molecular complexity index is 838. The second-order valence-corrected chi connectivity index (χ2v) is 6.48. The van der Waals surface area contributed by atoms with Crippen LogP contribution in [0.1, 0.15) is 22.5 Å². The maximum absolute atomic E-state index is 5.36. The summed E-state index contributed by atoms with van der Waals surface area (Å²) in [4.78, 5) is 0. The molecule has 0 saturated carbocycles. The molecule has 0 saturated heterocycles. The van der Waals surface area contributed by atoms with E-state index in [-0.39, 0.29) is 0 Å². The van der Waals surface area contributed by atoms with Crippen LogP contribution in [0.5, 0.6) is 0 Å². The van der Waals surface area contributed by atoms with Crippen LogP contribution in [0.3, 0.4) is 0 Å². The summed E-state index contributed by atoms with van der Waals surface area (Å²) >= 11 is 5.36. The van der Waals surface area contributed by atoms with E-state index in [0.29, 0.717) is 11.7 Å². The Balaban J connectivity index is 1.53. The molecule has 1 heterocycles. The van der Waals surface area contributed by atoms with Crippen molar-refractivity contribution in [2.45, 2.75) is 26.9 Å². The van der Waals surface area contributed by atoms with Crippen molar-refractivity contribution in [2.75, 3.05) is 5.32 Å². The van der Waals surface area contributed by atoms with Crippen LogP contribution in [0.2, 0.25) is 0 Å². The second kappa shape index (κ2) is 7.94. The predicted molar refractivity (Wildman–Crippen MR) is 107 cm³/mol. The molecule has 0 unspecified atom stereocenters. The van der Waals surface area contributed by atoms with Crippen LogP contribution in [-0.2, 0) is 13.1 Å². The second-order valence-electron chi connectivity index (χ2n) is 6.07. The first kappa shape index (κ1) is 17.2. The summed E-state index contributed by atoms with van der Waals surface area (Å²) in [6, 6.07) is 20.6. The zero-order valence-corrected chi connectivity index (χ0v) is 15.3. The van der Waals surface area contributed by atoms with Crippen molar-refractivity contribution >= 4 is 23.0 Å². The molecule has 3 rings (SSSR count). The number of thiocarbonyl (C=S) groups is 1. The van der Waals surface area contributed by atoms with Gasteiger partial charge in [-0.05, 0) is 55.4 Å². The molecule has 0 fully saturated rings. The third kappa shape index (κ3) is 4.90. The molecule has 4 nitrogen and oxygen atoms in total. The first-order valence-corrected chi connectivity index (χ1v) is 8.70. The highest BCUT2D eigenvalue weighted by Gasteiger charge is 2.03. The summed E-state index contributed by atoms with van der Waals surface area (Å²) in [6.07, 6.45) is 0. The van der Waals surface area contributed by atoms with Gasteiger partial charge in [0.1, 0.15) is 0 Å². The molecule has 0 aliphatic carbocycles.